The minimum absolute atomic E-state index is 0.591. The van der Waals surface area contributed by atoms with Crippen LogP contribution in [0.5, 0.6) is 0 Å². The molecule has 0 saturated carbocycles. The fraction of sp³-hybridized carbons (Fsp3) is 0.600. The second-order valence-corrected chi connectivity index (χ2v) is 1.80. The molecular formula is C5H10N4O. The van der Waals surface area contributed by atoms with Crippen molar-refractivity contribution in [1.29, 1.82) is 0 Å². The number of nitrogens with one attached hydrogen (secondary N) is 1. The fourth-order valence-corrected chi connectivity index (χ4v) is 0.570. The first-order chi connectivity index (χ1) is 4.93. The van der Waals surface area contributed by atoms with Gasteiger partial charge in [-0.3, -0.25) is 0 Å². The molecule has 0 unspecified atom stereocenters. The Morgan fingerprint density at radius 3 is 3.20 bits per heavy atom. The number of hydrogen-bond donors (Lipinski definition) is 2. The fourth-order valence-electron chi connectivity index (χ4n) is 0.570. The van der Waals surface area contributed by atoms with Crippen molar-refractivity contribution in [1.82, 2.24) is 15.5 Å². The van der Waals surface area contributed by atoms with Gasteiger partial charge in [-0.05, 0) is 0 Å². The van der Waals surface area contributed by atoms with Gasteiger partial charge in [-0.1, -0.05) is 0 Å². The van der Waals surface area contributed by atoms with Crippen LogP contribution in [0.25, 0.3) is 0 Å². The number of hydrogen-bond acceptors (Lipinski definition) is 5. The van der Waals surface area contributed by atoms with Gasteiger partial charge in [-0.25, -0.2) is 0 Å². The Kier molecular flexibility index (Phi) is 2.85. The molecule has 0 fully saturated rings. The quantitative estimate of drug-likeness (QED) is 0.534. The van der Waals surface area contributed by atoms with E-state index in [1.54, 1.807) is 0 Å². The highest BCUT2D eigenvalue weighted by atomic mass is 16.4. The summed E-state index contributed by atoms with van der Waals surface area (Å²) < 4.78 is 4.85. The molecule has 0 amide bonds. The summed E-state index contributed by atoms with van der Waals surface area (Å²) >= 11 is 0. The Morgan fingerprint density at radius 1 is 1.70 bits per heavy atom. The Labute approximate surface area is 58.6 Å². The van der Waals surface area contributed by atoms with Crippen LogP contribution < -0.4 is 11.1 Å². The zero-order valence-electron chi connectivity index (χ0n) is 5.58. The van der Waals surface area contributed by atoms with Gasteiger partial charge in [0.15, 0.2) is 0 Å². The maximum Gasteiger partial charge on any atom is 0.229 e. The van der Waals surface area contributed by atoms with E-state index in [4.69, 9.17) is 10.2 Å². The predicted molar refractivity (Wildman–Crippen MR) is 35.1 cm³/mol. The summed E-state index contributed by atoms with van der Waals surface area (Å²) in [6.45, 7) is 1.98. The van der Waals surface area contributed by atoms with Crippen LogP contribution in [0.15, 0.2) is 10.8 Å². The van der Waals surface area contributed by atoms with E-state index in [0.717, 1.165) is 6.54 Å². The van der Waals surface area contributed by atoms with Gasteiger partial charge in [0.25, 0.3) is 0 Å². The normalized spacial score (nSPS) is 10.1. The third-order valence-electron chi connectivity index (χ3n) is 1.00. The van der Waals surface area contributed by atoms with E-state index in [2.05, 4.69) is 15.5 Å². The van der Waals surface area contributed by atoms with Gasteiger partial charge < -0.3 is 15.5 Å². The van der Waals surface area contributed by atoms with Crippen LogP contribution in [-0.4, -0.2) is 23.3 Å². The van der Waals surface area contributed by atoms with Crippen LogP contribution >= 0.6 is 0 Å². The van der Waals surface area contributed by atoms with Crippen LogP contribution in [0.3, 0.4) is 0 Å². The van der Waals surface area contributed by atoms with Crippen molar-refractivity contribution in [2.45, 2.75) is 6.54 Å². The molecule has 5 heteroatoms. The lowest BCUT2D eigenvalue weighted by molar-refractivity contribution is 0.469. The highest BCUT2D eigenvalue weighted by molar-refractivity contribution is 4.70. The molecule has 0 aliphatic carbocycles. The van der Waals surface area contributed by atoms with E-state index in [9.17, 15) is 0 Å². The van der Waals surface area contributed by atoms with Gasteiger partial charge in [0.2, 0.25) is 12.3 Å². The molecular weight excluding hydrogens is 132 g/mol. The van der Waals surface area contributed by atoms with Crippen molar-refractivity contribution < 1.29 is 4.42 Å². The van der Waals surface area contributed by atoms with E-state index in [1.807, 2.05) is 0 Å². The summed E-state index contributed by atoms with van der Waals surface area (Å²) in [6.07, 6.45) is 1.31. The van der Waals surface area contributed by atoms with Crippen molar-refractivity contribution in [3.8, 4) is 0 Å². The van der Waals surface area contributed by atoms with E-state index in [-0.39, 0.29) is 0 Å². The molecule has 1 rings (SSSR count). The van der Waals surface area contributed by atoms with Crippen LogP contribution in [0.4, 0.5) is 0 Å². The second-order valence-electron chi connectivity index (χ2n) is 1.80. The first-order valence-corrected chi connectivity index (χ1v) is 3.09. The van der Waals surface area contributed by atoms with E-state index in [1.165, 1.54) is 6.39 Å². The Hall–Kier alpha value is -0.940. The molecule has 0 spiro atoms. The van der Waals surface area contributed by atoms with Crippen LogP contribution in [0.2, 0.25) is 0 Å². The zero-order valence-corrected chi connectivity index (χ0v) is 5.58. The van der Waals surface area contributed by atoms with Crippen LogP contribution in [-0.2, 0) is 6.54 Å². The molecule has 56 valence electrons. The van der Waals surface area contributed by atoms with Gasteiger partial charge in [0.05, 0.1) is 6.54 Å². The molecule has 1 aromatic rings. The van der Waals surface area contributed by atoms with Crippen molar-refractivity contribution >= 4 is 0 Å². The molecule has 1 heterocycles. The SMILES string of the molecule is NCCNCc1nnco1. The second kappa shape index (κ2) is 3.97. The standard InChI is InChI=1S/C5H10N4O/c6-1-2-7-3-5-9-8-4-10-5/h4,7H,1-3,6H2. The number of aromatic nitrogens is 2. The lowest BCUT2D eigenvalue weighted by Gasteiger charge is -1.95. The summed E-state index contributed by atoms with van der Waals surface area (Å²) in [7, 11) is 0. The summed E-state index contributed by atoms with van der Waals surface area (Å²) in [5.41, 5.74) is 5.24. The first-order valence-electron chi connectivity index (χ1n) is 3.09. The first kappa shape index (κ1) is 7.17. The summed E-state index contributed by atoms with van der Waals surface area (Å²) in [4.78, 5) is 0. The van der Waals surface area contributed by atoms with Crippen molar-refractivity contribution in [2.24, 2.45) is 5.73 Å². The van der Waals surface area contributed by atoms with Gasteiger partial charge >= 0.3 is 0 Å². The number of rotatable bonds is 4. The molecule has 1 aromatic heterocycles. The summed E-state index contributed by atoms with van der Waals surface area (Å²) in [6, 6.07) is 0. The molecule has 5 nitrogen and oxygen atoms in total. The molecule has 0 aliphatic heterocycles. The predicted octanol–water partition coefficient (Wildman–Crippen LogP) is -0.882. The third-order valence-corrected chi connectivity index (χ3v) is 1.00. The number of nitrogens with two attached hydrogens (primary N) is 1. The maximum atomic E-state index is 5.24. The summed E-state index contributed by atoms with van der Waals surface area (Å²) in [5.74, 6) is 0.591. The van der Waals surface area contributed by atoms with E-state index in [0.29, 0.717) is 19.0 Å². The highest BCUT2D eigenvalue weighted by Gasteiger charge is 1.94. The lowest BCUT2D eigenvalue weighted by Crippen LogP contribution is -2.21. The van der Waals surface area contributed by atoms with Gasteiger partial charge in [-0.2, -0.15) is 0 Å². The monoisotopic (exact) mass is 142 g/mol. The zero-order chi connectivity index (χ0) is 7.23. The van der Waals surface area contributed by atoms with Gasteiger partial charge in [0, 0.05) is 13.1 Å². The van der Waals surface area contributed by atoms with Crippen LogP contribution in [0.1, 0.15) is 5.89 Å². The number of nitrogens with zero attached hydrogens (tertiary/aromatic N) is 2. The van der Waals surface area contributed by atoms with Crippen molar-refractivity contribution in [3.05, 3.63) is 12.3 Å². The van der Waals surface area contributed by atoms with Gasteiger partial charge in [0.1, 0.15) is 0 Å². The minimum atomic E-state index is 0.591. The molecule has 0 saturated heterocycles. The molecule has 0 aliphatic rings. The van der Waals surface area contributed by atoms with Crippen LogP contribution in [0, 0.1) is 0 Å². The summed E-state index contributed by atoms with van der Waals surface area (Å²) in [5, 5.41) is 10.2. The largest absolute Gasteiger partial charge is 0.427 e. The van der Waals surface area contributed by atoms with E-state index < -0.39 is 0 Å². The topological polar surface area (TPSA) is 77.0 Å². The van der Waals surface area contributed by atoms with Gasteiger partial charge in [-0.15, -0.1) is 10.2 Å². The average Bonchev–Trinajstić information content (AvgIpc) is 2.41. The Balaban J connectivity index is 2.15. The Morgan fingerprint density at radius 2 is 2.60 bits per heavy atom. The molecule has 10 heavy (non-hydrogen) atoms. The molecule has 0 bridgehead atoms. The van der Waals surface area contributed by atoms with E-state index >= 15 is 0 Å². The average molecular weight is 142 g/mol. The molecule has 0 atom stereocenters. The van der Waals surface area contributed by atoms with Crippen molar-refractivity contribution in [2.75, 3.05) is 13.1 Å². The lowest BCUT2D eigenvalue weighted by atomic mass is 10.6. The molecule has 0 radical (unpaired) electrons. The highest BCUT2D eigenvalue weighted by Crippen LogP contribution is 1.87. The smallest absolute Gasteiger partial charge is 0.229 e. The third kappa shape index (κ3) is 2.12. The maximum absolute atomic E-state index is 5.24. The Bertz CT molecular complexity index is 162. The minimum Gasteiger partial charge on any atom is -0.427 e. The molecule has 3 N–H and O–H groups in total. The molecule has 0 aromatic carbocycles. The van der Waals surface area contributed by atoms with Crippen molar-refractivity contribution in [3.63, 3.8) is 0 Å².